The molecule has 128 valence electrons. The van der Waals surface area contributed by atoms with Crippen LogP contribution in [-0.2, 0) is 10.5 Å². The molecule has 2 aromatic carbocycles. The zero-order valence-electron chi connectivity index (χ0n) is 14.0. The van der Waals surface area contributed by atoms with Gasteiger partial charge in [-0.25, -0.2) is 4.39 Å². The van der Waals surface area contributed by atoms with Gasteiger partial charge in [0.05, 0.1) is 11.8 Å². The van der Waals surface area contributed by atoms with E-state index in [2.05, 4.69) is 23.5 Å². The number of carbonyl (C=O) groups excluding carboxylic acids is 1. The molecule has 0 unspecified atom stereocenters. The Labute approximate surface area is 151 Å². The van der Waals surface area contributed by atoms with Crippen LogP contribution in [0.25, 0.3) is 0 Å². The number of rotatable bonds is 6. The predicted octanol–water partition coefficient (Wildman–Crippen LogP) is 5.21. The Bertz CT molecular complexity index is 715. The highest BCUT2D eigenvalue weighted by Gasteiger charge is 2.13. The monoisotopic (exact) mass is 365 g/mol. The third-order valence-electron chi connectivity index (χ3n) is 3.82. The number of thioether (sulfide) groups is 1. The Balaban J connectivity index is 1.88. The van der Waals surface area contributed by atoms with Crippen molar-refractivity contribution in [3.8, 4) is 0 Å². The summed E-state index contributed by atoms with van der Waals surface area (Å²) < 4.78 is 13.7. The van der Waals surface area contributed by atoms with E-state index in [-0.39, 0.29) is 23.5 Å². The molecule has 0 bridgehead atoms. The summed E-state index contributed by atoms with van der Waals surface area (Å²) in [6.45, 7) is 6.04. The van der Waals surface area contributed by atoms with Gasteiger partial charge in [0, 0.05) is 16.3 Å². The van der Waals surface area contributed by atoms with Crippen LogP contribution in [0.1, 0.15) is 35.2 Å². The molecule has 5 heteroatoms. The van der Waals surface area contributed by atoms with Crippen LogP contribution < -0.4 is 5.32 Å². The molecule has 1 N–H and O–H groups in total. The fraction of sp³-hybridized carbons (Fsp3) is 0.316. The fourth-order valence-electron chi connectivity index (χ4n) is 2.50. The molecule has 0 aliphatic carbocycles. The summed E-state index contributed by atoms with van der Waals surface area (Å²) >= 11 is 7.34. The zero-order valence-corrected chi connectivity index (χ0v) is 15.6. The molecule has 2 aromatic rings. The minimum absolute atomic E-state index is 0.0601. The fourth-order valence-corrected chi connectivity index (χ4v) is 3.68. The van der Waals surface area contributed by atoms with Crippen molar-refractivity contribution in [3.63, 3.8) is 0 Å². The number of hydrogen-bond donors (Lipinski definition) is 1. The van der Waals surface area contributed by atoms with E-state index in [1.165, 1.54) is 23.4 Å². The molecule has 0 saturated heterocycles. The molecule has 0 radical (unpaired) electrons. The third-order valence-corrected chi connectivity index (χ3v) is 5.13. The largest absolute Gasteiger partial charge is 0.349 e. The van der Waals surface area contributed by atoms with Crippen LogP contribution in [0.15, 0.2) is 36.4 Å². The maximum absolute atomic E-state index is 13.7. The van der Waals surface area contributed by atoms with Gasteiger partial charge in [0.25, 0.3) is 0 Å². The van der Waals surface area contributed by atoms with Crippen molar-refractivity contribution in [1.82, 2.24) is 5.32 Å². The van der Waals surface area contributed by atoms with Gasteiger partial charge >= 0.3 is 0 Å². The lowest BCUT2D eigenvalue weighted by Crippen LogP contribution is -2.28. The Kier molecular flexibility index (Phi) is 6.69. The van der Waals surface area contributed by atoms with Gasteiger partial charge in [-0.1, -0.05) is 41.4 Å². The van der Waals surface area contributed by atoms with E-state index in [1.807, 2.05) is 20.8 Å². The first-order valence-electron chi connectivity index (χ1n) is 7.75. The highest BCUT2D eigenvalue weighted by Crippen LogP contribution is 2.24. The topological polar surface area (TPSA) is 29.1 Å². The normalized spacial score (nSPS) is 12.0. The molecule has 0 aromatic heterocycles. The molecule has 2 rings (SSSR count). The molecular formula is C19H21ClFNOS. The second-order valence-corrected chi connectivity index (χ2v) is 7.24. The first-order valence-corrected chi connectivity index (χ1v) is 9.29. The lowest BCUT2D eigenvalue weighted by atomic mass is 10.00. The van der Waals surface area contributed by atoms with Crippen molar-refractivity contribution in [2.75, 3.05) is 5.75 Å². The Morgan fingerprint density at radius 2 is 2.04 bits per heavy atom. The second-order valence-electron chi connectivity index (χ2n) is 5.84. The summed E-state index contributed by atoms with van der Waals surface area (Å²) in [4.78, 5) is 12.1. The Hall–Kier alpha value is -1.52. The van der Waals surface area contributed by atoms with Gasteiger partial charge in [-0.3, -0.25) is 4.79 Å². The van der Waals surface area contributed by atoms with Crippen molar-refractivity contribution in [1.29, 1.82) is 0 Å². The molecule has 0 spiro atoms. The van der Waals surface area contributed by atoms with Gasteiger partial charge in [-0.05, 0) is 44.0 Å². The smallest absolute Gasteiger partial charge is 0.230 e. The van der Waals surface area contributed by atoms with E-state index < -0.39 is 0 Å². The first-order chi connectivity index (χ1) is 11.4. The lowest BCUT2D eigenvalue weighted by molar-refractivity contribution is -0.119. The summed E-state index contributed by atoms with van der Waals surface area (Å²) in [5.74, 6) is 0.233. The Morgan fingerprint density at radius 3 is 2.75 bits per heavy atom. The molecule has 24 heavy (non-hydrogen) atoms. The van der Waals surface area contributed by atoms with Crippen LogP contribution >= 0.6 is 23.4 Å². The first kappa shape index (κ1) is 18.8. The predicted molar refractivity (Wildman–Crippen MR) is 100 cm³/mol. The quantitative estimate of drug-likeness (QED) is 0.761. The maximum Gasteiger partial charge on any atom is 0.230 e. The van der Waals surface area contributed by atoms with E-state index >= 15 is 0 Å². The summed E-state index contributed by atoms with van der Waals surface area (Å²) in [7, 11) is 0. The average Bonchev–Trinajstić information content (AvgIpc) is 2.52. The van der Waals surface area contributed by atoms with Crippen LogP contribution in [0.3, 0.4) is 0 Å². The van der Waals surface area contributed by atoms with Crippen LogP contribution in [0, 0.1) is 19.7 Å². The molecule has 1 atom stereocenters. The number of aryl methyl sites for hydroxylation is 2. The molecule has 0 aliphatic rings. The van der Waals surface area contributed by atoms with Crippen molar-refractivity contribution in [2.45, 2.75) is 32.6 Å². The van der Waals surface area contributed by atoms with Gasteiger partial charge in [0.15, 0.2) is 0 Å². The maximum atomic E-state index is 13.7. The highest BCUT2D eigenvalue weighted by atomic mass is 35.5. The van der Waals surface area contributed by atoms with Gasteiger partial charge in [-0.15, -0.1) is 11.8 Å². The molecule has 1 amide bonds. The third kappa shape index (κ3) is 4.99. The molecule has 0 heterocycles. The van der Waals surface area contributed by atoms with Gasteiger partial charge in [0.1, 0.15) is 5.82 Å². The number of nitrogens with one attached hydrogen (secondary N) is 1. The molecule has 0 fully saturated rings. The van der Waals surface area contributed by atoms with Crippen molar-refractivity contribution in [2.24, 2.45) is 0 Å². The average molecular weight is 366 g/mol. The van der Waals surface area contributed by atoms with Crippen LogP contribution in [0.4, 0.5) is 4.39 Å². The summed E-state index contributed by atoms with van der Waals surface area (Å²) in [5.41, 5.74) is 3.88. The minimum atomic E-state index is -0.334. The van der Waals surface area contributed by atoms with E-state index in [1.54, 1.807) is 12.1 Å². The standard InChI is InChI=1S/C19H21ClFNOS/c1-12-7-8-13(2)15(9-12)14(3)22-19(23)11-24-10-16-17(20)5-4-6-18(16)21/h4-9,14H,10-11H2,1-3H3,(H,22,23)/t14-/m0/s1. The van der Waals surface area contributed by atoms with Gasteiger partial charge in [-0.2, -0.15) is 0 Å². The summed E-state index contributed by atoms with van der Waals surface area (Å²) in [6, 6.07) is 10.8. The van der Waals surface area contributed by atoms with Gasteiger partial charge in [0.2, 0.25) is 5.91 Å². The van der Waals surface area contributed by atoms with Gasteiger partial charge < -0.3 is 5.32 Å². The number of amides is 1. The lowest BCUT2D eigenvalue weighted by Gasteiger charge is -2.17. The van der Waals surface area contributed by atoms with Crippen molar-refractivity contribution < 1.29 is 9.18 Å². The van der Waals surface area contributed by atoms with Crippen LogP contribution in [0.2, 0.25) is 5.02 Å². The second kappa shape index (κ2) is 8.54. The molecule has 0 aliphatic heterocycles. The molecule has 2 nitrogen and oxygen atoms in total. The zero-order chi connectivity index (χ0) is 17.7. The number of halogens is 2. The van der Waals surface area contributed by atoms with E-state index in [4.69, 9.17) is 11.6 Å². The molecule has 0 saturated carbocycles. The SMILES string of the molecule is Cc1ccc(C)c([C@H](C)NC(=O)CSCc2c(F)cccc2Cl)c1. The minimum Gasteiger partial charge on any atom is -0.349 e. The highest BCUT2D eigenvalue weighted by molar-refractivity contribution is 7.99. The van der Waals surface area contributed by atoms with E-state index in [0.717, 1.165) is 11.1 Å². The van der Waals surface area contributed by atoms with Crippen LogP contribution in [-0.4, -0.2) is 11.7 Å². The number of carbonyl (C=O) groups is 1. The Morgan fingerprint density at radius 1 is 1.29 bits per heavy atom. The summed E-state index contributed by atoms with van der Waals surface area (Å²) in [6.07, 6.45) is 0. The molecular weight excluding hydrogens is 345 g/mol. The van der Waals surface area contributed by atoms with E-state index in [9.17, 15) is 9.18 Å². The van der Waals surface area contributed by atoms with Crippen LogP contribution in [0.5, 0.6) is 0 Å². The summed E-state index contributed by atoms with van der Waals surface area (Å²) in [5, 5.41) is 3.39. The van der Waals surface area contributed by atoms with Crippen molar-refractivity contribution in [3.05, 3.63) is 69.5 Å². The van der Waals surface area contributed by atoms with Crippen molar-refractivity contribution >= 4 is 29.3 Å². The van der Waals surface area contributed by atoms with E-state index in [0.29, 0.717) is 16.3 Å². The number of benzene rings is 2. The number of hydrogen-bond acceptors (Lipinski definition) is 2.